The molecule has 1 aromatic rings. The molecule has 1 saturated carbocycles. The molecule has 1 aromatic carbocycles. The van der Waals surface area contributed by atoms with Crippen LogP contribution in [-0.4, -0.2) is 31.8 Å². The minimum absolute atomic E-state index is 0.0625. The minimum atomic E-state index is -0.181. The minimum Gasteiger partial charge on any atom is -0.486 e. The summed E-state index contributed by atoms with van der Waals surface area (Å²) in [4.78, 5) is 12.2. The molecular weight excluding hydrogens is 304 g/mol. The molecule has 132 valence electrons. The van der Waals surface area contributed by atoms with Gasteiger partial charge in [0.15, 0.2) is 11.5 Å². The molecular formula is C19H28N2O3. The number of ether oxygens (including phenoxy) is 2. The molecule has 0 aromatic heterocycles. The lowest BCUT2D eigenvalue weighted by Crippen LogP contribution is -2.46. The summed E-state index contributed by atoms with van der Waals surface area (Å²) in [5, 5.41) is 6.12. The fourth-order valence-electron chi connectivity index (χ4n) is 3.35. The van der Waals surface area contributed by atoms with Crippen molar-refractivity contribution in [3.05, 3.63) is 23.8 Å². The second-order valence-electron chi connectivity index (χ2n) is 7.40. The van der Waals surface area contributed by atoms with E-state index in [9.17, 15) is 4.79 Å². The Balaban J connectivity index is 1.56. The third-order valence-corrected chi connectivity index (χ3v) is 4.95. The average Bonchev–Trinajstić information content (AvgIpc) is 2.60. The maximum Gasteiger partial charge on any atom is 0.315 e. The Bertz CT molecular complexity index is 580. The molecule has 3 rings (SSSR count). The van der Waals surface area contributed by atoms with Gasteiger partial charge in [-0.1, -0.05) is 39.2 Å². The topological polar surface area (TPSA) is 59.6 Å². The Morgan fingerprint density at radius 1 is 1.12 bits per heavy atom. The first-order chi connectivity index (χ1) is 11.5. The molecule has 24 heavy (non-hydrogen) atoms. The molecule has 0 atom stereocenters. The van der Waals surface area contributed by atoms with Crippen molar-refractivity contribution in [3.8, 4) is 11.5 Å². The van der Waals surface area contributed by atoms with Gasteiger partial charge >= 0.3 is 6.03 Å². The number of carbonyl (C=O) groups is 1. The standard InChI is InChI=1S/C19H28N2O3/c1-19(2,13-20-18(22)21-15-6-4-3-5-7-15)14-8-9-16-17(12-14)24-11-10-23-16/h8-9,12,15H,3-7,10-11,13H2,1-2H3,(H2,20,21,22). The van der Waals surface area contributed by atoms with Gasteiger partial charge in [0, 0.05) is 18.0 Å². The largest absolute Gasteiger partial charge is 0.486 e. The Labute approximate surface area is 144 Å². The van der Waals surface area contributed by atoms with E-state index in [0.29, 0.717) is 25.8 Å². The molecule has 1 aliphatic carbocycles. The first-order valence-corrected chi connectivity index (χ1v) is 8.99. The van der Waals surface area contributed by atoms with Gasteiger partial charge in [0.05, 0.1) is 0 Å². The van der Waals surface area contributed by atoms with Crippen molar-refractivity contribution in [2.75, 3.05) is 19.8 Å². The van der Waals surface area contributed by atoms with Crippen molar-refractivity contribution >= 4 is 6.03 Å². The Hall–Kier alpha value is -1.91. The maximum atomic E-state index is 12.2. The zero-order valence-electron chi connectivity index (χ0n) is 14.7. The summed E-state index contributed by atoms with van der Waals surface area (Å²) in [7, 11) is 0. The van der Waals surface area contributed by atoms with E-state index in [0.717, 1.165) is 29.9 Å². The Kier molecular flexibility index (Phi) is 5.17. The van der Waals surface area contributed by atoms with Crippen LogP contribution in [0.4, 0.5) is 4.79 Å². The van der Waals surface area contributed by atoms with Crippen molar-refractivity contribution in [2.24, 2.45) is 0 Å². The highest BCUT2D eigenvalue weighted by atomic mass is 16.6. The monoisotopic (exact) mass is 332 g/mol. The lowest BCUT2D eigenvalue weighted by Gasteiger charge is -2.29. The zero-order valence-corrected chi connectivity index (χ0v) is 14.7. The molecule has 5 heteroatoms. The fourth-order valence-corrected chi connectivity index (χ4v) is 3.35. The van der Waals surface area contributed by atoms with Crippen molar-refractivity contribution < 1.29 is 14.3 Å². The third kappa shape index (κ3) is 4.13. The second kappa shape index (κ2) is 7.32. The summed E-state index contributed by atoms with van der Waals surface area (Å²) in [6, 6.07) is 6.29. The van der Waals surface area contributed by atoms with Gasteiger partial charge < -0.3 is 20.1 Å². The lowest BCUT2D eigenvalue weighted by molar-refractivity contribution is 0.171. The number of urea groups is 1. The molecule has 1 fully saturated rings. The molecule has 0 saturated heterocycles. The van der Waals surface area contributed by atoms with E-state index >= 15 is 0 Å². The predicted molar refractivity (Wildman–Crippen MR) is 93.9 cm³/mol. The Morgan fingerprint density at radius 2 is 1.83 bits per heavy atom. The summed E-state index contributed by atoms with van der Waals surface area (Å²) >= 11 is 0. The molecule has 2 amide bonds. The maximum absolute atomic E-state index is 12.2. The SMILES string of the molecule is CC(C)(CNC(=O)NC1CCCCC1)c1ccc2c(c1)OCCO2. The van der Waals surface area contributed by atoms with Crippen LogP contribution in [0.5, 0.6) is 11.5 Å². The molecule has 1 heterocycles. The van der Waals surface area contributed by atoms with E-state index in [4.69, 9.17) is 9.47 Å². The van der Waals surface area contributed by atoms with Gasteiger partial charge in [0.1, 0.15) is 13.2 Å². The van der Waals surface area contributed by atoms with E-state index in [-0.39, 0.29) is 11.4 Å². The van der Waals surface area contributed by atoms with Crippen LogP contribution in [0.2, 0.25) is 0 Å². The highest BCUT2D eigenvalue weighted by Crippen LogP contribution is 2.34. The predicted octanol–water partition coefficient (Wildman–Crippen LogP) is 3.37. The normalized spacial score (nSPS) is 18.1. The number of amides is 2. The first-order valence-electron chi connectivity index (χ1n) is 8.99. The van der Waals surface area contributed by atoms with E-state index in [1.54, 1.807) is 0 Å². The number of benzene rings is 1. The average molecular weight is 332 g/mol. The number of rotatable bonds is 4. The molecule has 1 aliphatic heterocycles. The number of nitrogens with one attached hydrogen (secondary N) is 2. The van der Waals surface area contributed by atoms with Crippen LogP contribution in [0, 0.1) is 0 Å². The molecule has 2 aliphatic rings. The highest BCUT2D eigenvalue weighted by molar-refractivity contribution is 5.74. The van der Waals surface area contributed by atoms with E-state index in [2.05, 4.69) is 24.5 Å². The van der Waals surface area contributed by atoms with Gasteiger partial charge in [-0.2, -0.15) is 0 Å². The second-order valence-corrected chi connectivity index (χ2v) is 7.40. The van der Waals surface area contributed by atoms with Crippen LogP contribution < -0.4 is 20.1 Å². The van der Waals surface area contributed by atoms with Gasteiger partial charge in [-0.05, 0) is 30.5 Å². The van der Waals surface area contributed by atoms with Crippen molar-refractivity contribution in [1.82, 2.24) is 10.6 Å². The molecule has 0 radical (unpaired) electrons. The van der Waals surface area contributed by atoms with E-state index in [1.807, 2.05) is 18.2 Å². The summed E-state index contributed by atoms with van der Waals surface area (Å²) in [5.74, 6) is 1.59. The van der Waals surface area contributed by atoms with Gasteiger partial charge in [0.25, 0.3) is 0 Å². The summed E-state index contributed by atoms with van der Waals surface area (Å²) in [6.07, 6.45) is 5.91. The summed E-state index contributed by atoms with van der Waals surface area (Å²) in [6.45, 7) is 6.00. The van der Waals surface area contributed by atoms with Crippen LogP contribution in [0.1, 0.15) is 51.5 Å². The lowest BCUT2D eigenvalue weighted by atomic mass is 9.84. The molecule has 0 bridgehead atoms. The van der Waals surface area contributed by atoms with E-state index < -0.39 is 0 Å². The Morgan fingerprint density at radius 3 is 2.58 bits per heavy atom. The fraction of sp³-hybridized carbons (Fsp3) is 0.632. The van der Waals surface area contributed by atoms with Crippen LogP contribution in [0.25, 0.3) is 0 Å². The van der Waals surface area contributed by atoms with Crippen LogP contribution in [0.3, 0.4) is 0 Å². The van der Waals surface area contributed by atoms with Crippen molar-refractivity contribution in [1.29, 1.82) is 0 Å². The van der Waals surface area contributed by atoms with Gasteiger partial charge in [-0.3, -0.25) is 0 Å². The van der Waals surface area contributed by atoms with Crippen molar-refractivity contribution in [3.63, 3.8) is 0 Å². The summed E-state index contributed by atoms with van der Waals surface area (Å²) < 4.78 is 11.2. The number of carbonyl (C=O) groups excluding carboxylic acids is 1. The van der Waals surface area contributed by atoms with Crippen molar-refractivity contribution in [2.45, 2.75) is 57.4 Å². The molecule has 0 spiro atoms. The number of hydrogen-bond acceptors (Lipinski definition) is 3. The molecule has 0 unspecified atom stereocenters. The van der Waals surface area contributed by atoms with Gasteiger partial charge in [0.2, 0.25) is 0 Å². The summed E-state index contributed by atoms with van der Waals surface area (Å²) in [5.41, 5.74) is 0.949. The highest BCUT2D eigenvalue weighted by Gasteiger charge is 2.25. The number of hydrogen-bond donors (Lipinski definition) is 2. The molecule has 5 nitrogen and oxygen atoms in total. The zero-order chi connectivity index (χ0) is 17.0. The smallest absolute Gasteiger partial charge is 0.315 e. The van der Waals surface area contributed by atoms with Gasteiger partial charge in [-0.15, -0.1) is 0 Å². The number of fused-ring (bicyclic) bond motifs is 1. The van der Waals surface area contributed by atoms with Gasteiger partial charge in [-0.25, -0.2) is 4.79 Å². The quantitative estimate of drug-likeness (QED) is 0.889. The van der Waals surface area contributed by atoms with E-state index in [1.165, 1.54) is 19.3 Å². The third-order valence-electron chi connectivity index (χ3n) is 4.95. The first kappa shape index (κ1) is 16.9. The van der Waals surface area contributed by atoms with Crippen LogP contribution >= 0.6 is 0 Å². The molecule has 2 N–H and O–H groups in total. The van der Waals surface area contributed by atoms with Crippen LogP contribution in [-0.2, 0) is 5.41 Å². The van der Waals surface area contributed by atoms with Crippen LogP contribution in [0.15, 0.2) is 18.2 Å².